The summed E-state index contributed by atoms with van der Waals surface area (Å²) in [6, 6.07) is 0. The first-order valence-corrected chi connectivity index (χ1v) is 4.19. The van der Waals surface area contributed by atoms with Gasteiger partial charge in [0.15, 0.2) is 3.79 Å². The molecule has 0 saturated heterocycles. The van der Waals surface area contributed by atoms with E-state index < -0.39 is 9.89 Å². The van der Waals surface area contributed by atoms with Crippen molar-refractivity contribution in [3.63, 3.8) is 0 Å². The first-order valence-electron chi connectivity index (χ1n) is 3.06. The second kappa shape index (κ2) is 5.51. The molecule has 0 radical (unpaired) electrons. The van der Waals surface area contributed by atoms with Crippen molar-refractivity contribution < 1.29 is 9.53 Å². The number of alkyl halides is 3. The van der Waals surface area contributed by atoms with Crippen molar-refractivity contribution in [2.45, 2.75) is 10.2 Å². The summed E-state index contributed by atoms with van der Waals surface area (Å²) in [5.74, 6) is 0. The number of carbonyl (C=O) groups excluding carboxylic acids is 1. The van der Waals surface area contributed by atoms with Gasteiger partial charge in [0.05, 0.1) is 0 Å². The van der Waals surface area contributed by atoms with Gasteiger partial charge in [-0.25, -0.2) is 4.79 Å². The maximum absolute atomic E-state index is 10.0. The molecule has 0 aliphatic heterocycles. The normalized spacial score (nSPS) is 11.9. The summed E-state index contributed by atoms with van der Waals surface area (Å²) < 4.78 is 3.08. The summed E-state index contributed by atoms with van der Waals surface area (Å²) in [6.45, 7) is 0.0933. The molecular formula is C6H8Cl3NO2. The molecule has 1 amide bonds. The van der Waals surface area contributed by atoms with Gasteiger partial charge in [-0.15, -0.1) is 0 Å². The van der Waals surface area contributed by atoms with Crippen molar-refractivity contribution in [3.8, 4) is 0 Å². The number of hydrogen-bond donors (Lipinski definition) is 1. The molecular weight excluding hydrogens is 224 g/mol. The summed E-state index contributed by atoms with van der Waals surface area (Å²) in [5, 5.41) is 0. The van der Waals surface area contributed by atoms with Crippen molar-refractivity contribution >= 4 is 40.9 Å². The number of nitrogens with two attached hydrogens (primary N) is 1. The summed E-state index contributed by atoms with van der Waals surface area (Å²) in [5.41, 5.74) is 4.69. The highest BCUT2D eigenvalue weighted by molar-refractivity contribution is 6.67. The third-order valence-electron chi connectivity index (χ3n) is 0.838. The van der Waals surface area contributed by atoms with Crippen LogP contribution in [-0.4, -0.2) is 16.5 Å². The van der Waals surface area contributed by atoms with E-state index in [9.17, 15) is 4.79 Å². The van der Waals surface area contributed by atoms with E-state index in [0.717, 1.165) is 0 Å². The minimum atomic E-state index is -1.30. The molecule has 0 aromatic carbocycles. The lowest BCUT2D eigenvalue weighted by atomic mass is 10.4. The number of allylic oxidation sites excluding steroid dienone is 1. The highest BCUT2D eigenvalue weighted by Crippen LogP contribution is 2.30. The number of amides is 1. The minimum Gasteiger partial charge on any atom is -0.445 e. The van der Waals surface area contributed by atoms with Gasteiger partial charge >= 0.3 is 6.09 Å². The molecule has 0 saturated carbocycles. The predicted molar refractivity (Wildman–Crippen MR) is 49.6 cm³/mol. The highest BCUT2D eigenvalue weighted by Gasteiger charge is 2.16. The van der Waals surface area contributed by atoms with Crippen molar-refractivity contribution in [3.05, 3.63) is 12.2 Å². The Morgan fingerprint density at radius 2 is 2.00 bits per heavy atom. The Kier molecular flexibility index (Phi) is 5.46. The molecule has 0 aromatic heterocycles. The van der Waals surface area contributed by atoms with Crippen LogP contribution in [0.2, 0.25) is 0 Å². The van der Waals surface area contributed by atoms with Gasteiger partial charge in [-0.2, -0.15) is 0 Å². The van der Waals surface area contributed by atoms with Gasteiger partial charge in [-0.1, -0.05) is 47.0 Å². The molecule has 0 aromatic rings. The van der Waals surface area contributed by atoms with Crippen LogP contribution in [0.1, 0.15) is 6.42 Å². The zero-order valence-electron chi connectivity index (χ0n) is 6.10. The maximum atomic E-state index is 10.0. The van der Waals surface area contributed by atoms with E-state index in [1.807, 2.05) is 0 Å². The summed E-state index contributed by atoms with van der Waals surface area (Å²) in [6.07, 6.45) is 2.58. The van der Waals surface area contributed by atoms with E-state index in [4.69, 9.17) is 34.8 Å². The number of carbonyl (C=O) groups is 1. The summed E-state index contributed by atoms with van der Waals surface area (Å²) in [7, 11) is 0. The molecule has 70 valence electrons. The molecule has 0 heterocycles. The zero-order chi connectivity index (χ0) is 9.61. The fourth-order valence-corrected chi connectivity index (χ4v) is 0.683. The number of rotatable bonds is 3. The number of ether oxygens (including phenoxy) is 1. The lowest BCUT2D eigenvalue weighted by Crippen LogP contribution is -2.12. The lowest BCUT2D eigenvalue weighted by molar-refractivity contribution is 0.169. The number of primary amides is 1. The van der Waals surface area contributed by atoms with Crippen LogP contribution >= 0.6 is 34.8 Å². The predicted octanol–water partition coefficient (Wildman–Crippen LogP) is 2.40. The van der Waals surface area contributed by atoms with E-state index in [1.165, 1.54) is 0 Å². The molecule has 12 heavy (non-hydrogen) atoms. The molecule has 2 N–H and O–H groups in total. The molecule has 6 heteroatoms. The Morgan fingerprint density at radius 3 is 2.42 bits per heavy atom. The highest BCUT2D eigenvalue weighted by atomic mass is 35.6. The van der Waals surface area contributed by atoms with Crippen LogP contribution in [0, 0.1) is 0 Å². The Morgan fingerprint density at radius 1 is 1.42 bits per heavy atom. The van der Waals surface area contributed by atoms with E-state index in [0.29, 0.717) is 0 Å². The second-order valence-corrected chi connectivity index (χ2v) is 4.44. The van der Waals surface area contributed by atoms with Crippen molar-refractivity contribution in [2.75, 3.05) is 6.61 Å². The Bertz CT molecular complexity index is 176. The second-order valence-electron chi connectivity index (χ2n) is 1.92. The van der Waals surface area contributed by atoms with Crippen LogP contribution < -0.4 is 5.73 Å². The quantitative estimate of drug-likeness (QED) is 0.600. The minimum absolute atomic E-state index is 0.0933. The Labute approximate surface area is 85.4 Å². The summed E-state index contributed by atoms with van der Waals surface area (Å²) >= 11 is 16.3. The fraction of sp³-hybridized carbons (Fsp3) is 0.500. The van der Waals surface area contributed by atoms with Crippen LogP contribution in [-0.2, 0) is 4.74 Å². The van der Waals surface area contributed by atoms with Crippen LogP contribution in [0.25, 0.3) is 0 Å². The average molecular weight is 232 g/mol. The first-order chi connectivity index (χ1) is 5.42. The van der Waals surface area contributed by atoms with Gasteiger partial charge in [-0.3, -0.25) is 0 Å². The monoisotopic (exact) mass is 231 g/mol. The first kappa shape index (κ1) is 11.9. The largest absolute Gasteiger partial charge is 0.445 e. The SMILES string of the molecule is NC(=O)OC/C=C/CC(Cl)(Cl)Cl. The van der Waals surface area contributed by atoms with Gasteiger partial charge in [0.2, 0.25) is 0 Å². The summed E-state index contributed by atoms with van der Waals surface area (Å²) in [4.78, 5) is 10.0. The van der Waals surface area contributed by atoms with E-state index >= 15 is 0 Å². The fourth-order valence-electron chi connectivity index (χ4n) is 0.415. The number of halogens is 3. The van der Waals surface area contributed by atoms with Gasteiger partial charge in [-0.05, 0) is 0 Å². The van der Waals surface area contributed by atoms with Crippen molar-refractivity contribution in [1.82, 2.24) is 0 Å². The molecule has 0 spiro atoms. The van der Waals surface area contributed by atoms with Crippen molar-refractivity contribution in [2.24, 2.45) is 5.73 Å². The van der Waals surface area contributed by atoms with Gasteiger partial charge in [0.25, 0.3) is 0 Å². The van der Waals surface area contributed by atoms with E-state index in [2.05, 4.69) is 10.5 Å². The smallest absolute Gasteiger partial charge is 0.404 e. The molecule has 0 atom stereocenters. The molecule has 0 aliphatic carbocycles. The molecule has 0 aliphatic rings. The molecule has 3 nitrogen and oxygen atoms in total. The molecule has 0 fully saturated rings. The lowest BCUT2D eigenvalue weighted by Gasteiger charge is -2.05. The third-order valence-corrected chi connectivity index (χ3v) is 1.30. The van der Waals surface area contributed by atoms with E-state index in [1.54, 1.807) is 12.2 Å². The van der Waals surface area contributed by atoms with Crippen LogP contribution in [0.15, 0.2) is 12.2 Å². The maximum Gasteiger partial charge on any atom is 0.404 e. The standard InChI is InChI=1S/C6H8Cl3NO2/c7-6(8,9)3-1-2-4-12-5(10)11/h1-2H,3-4H2,(H2,10,11)/b2-1+. The topological polar surface area (TPSA) is 52.3 Å². The zero-order valence-corrected chi connectivity index (χ0v) is 8.36. The Hall–Kier alpha value is -0.120. The molecule has 0 rings (SSSR count). The average Bonchev–Trinajstić information content (AvgIpc) is 1.83. The van der Waals surface area contributed by atoms with Crippen LogP contribution in [0.5, 0.6) is 0 Å². The van der Waals surface area contributed by atoms with E-state index in [-0.39, 0.29) is 13.0 Å². The van der Waals surface area contributed by atoms with Gasteiger partial charge in [0.1, 0.15) is 6.61 Å². The van der Waals surface area contributed by atoms with Crippen molar-refractivity contribution in [1.29, 1.82) is 0 Å². The van der Waals surface area contributed by atoms with Gasteiger partial charge in [0, 0.05) is 6.42 Å². The Balaban J connectivity index is 3.45. The third kappa shape index (κ3) is 9.88. The van der Waals surface area contributed by atoms with Crippen LogP contribution in [0.4, 0.5) is 4.79 Å². The van der Waals surface area contributed by atoms with Crippen LogP contribution in [0.3, 0.4) is 0 Å². The molecule has 0 unspecified atom stereocenters. The van der Waals surface area contributed by atoms with Gasteiger partial charge < -0.3 is 10.5 Å². The molecule has 0 bridgehead atoms. The number of hydrogen-bond acceptors (Lipinski definition) is 2.